The van der Waals surface area contributed by atoms with E-state index in [2.05, 4.69) is 23.1 Å². The molecule has 0 amide bonds. The van der Waals surface area contributed by atoms with E-state index < -0.39 is 0 Å². The number of fused-ring (bicyclic) bond motifs is 3. The van der Waals surface area contributed by atoms with Gasteiger partial charge in [-0.15, -0.1) is 0 Å². The van der Waals surface area contributed by atoms with E-state index >= 15 is 0 Å². The Kier molecular flexibility index (Phi) is 2.16. The molecule has 2 aromatic heterocycles. The van der Waals surface area contributed by atoms with Crippen LogP contribution in [0.4, 0.5) is 0 Å². The molecule has 0 aliphatic carbocycles. The zero-order valence-electron chi connectivity index (χ0n) is 9.68. The Morgan fingerprint density at radius 1 is 1.22 bits per heavy atom. The fraction of sp³-hybridized carbons (Fsp3) is 0. The predicted octanol–water partition coefficient (Wildman–Crippen LogP) is 2.46. The summed E-state index contributed by atoms with van der Waals surface area (Å²) in [4.78, 5) is 19.9. The van der Waals surface area contributed by atoms with Gasteiger partial charge >= 0.3 is 0 Å². The van der Waals surface area contributed by atoms with Crippen molar-refractivity contribution >= 4 is 29.0 Å². The summed E-state index contributed by atoms with van der Waals surface area (Å²) in [5, 5.41) is 0. The zero-order valence-corrected chi connectivity index (χ0v) is 9.68. The molecule has 0 fully saturated rings. The number of hydrogen-bond acceptors (Lipinski definition) is 2. The largest absolute Gasteiger partial charge is 0.323 e. The molecule has 0 atom stereocenters. The third-order valence-corrected chi connectivity index (χ3v) is 2.94. The molecule has 4 nitrogen and oxygen atoms in total. The van der Waals surface area contributed by atoms with E-state index in [1.807, 2.05) is 24.3 Å². The quantitative estimate of drug-likeness (QED) is 0.744. The Morgan fingerprint density at radius 3 is 2.72 bits per heavy atom. The van der Waals surface area contributed by atoms with Crippen LogP contribution >= 0.6 is 0 Å². The van der Waals surface area contributed by atoms with Gasteiger partial charge < -0.3 is 4.98 Å². The molecule has 0 aliphatic rings. The predicted molar refractivity (Wildman–Crippen MR) is 73.5 cm³/mol. The van der Waals surface area contributed by atoms with Gasteiger partial charge in [0.15, 0.2) is 0 Å². The second-order valence-electron chi connectivity index (χ2n) is 3.93. The number of aromatic nitrogens is 3. The Bertz CT molecular complexity index is 839. The van der Waals surface area contributed by atoms with Gasteiger partial charge in [0.05, 0.1) is 22.3 Å². The van der Waals surface area contributed by atoms with Gasteiger partial charge in [-0.05, 0) is 18.2 Å². The van der Waals surface area contributed by atoms with E-state index in [1.165, 1.54) is 6.08 Å². The monoisotopic (exact) mass is 237 g/mol. The maximum Gasteiger partial charge on any atom is 0.267 e. The molecule has 3 rings (SSSR count). The second kappa shape index (κ2) is 3.70. The van der Waals surface area contributed by atoms with Gasteiger partial charge in [0.1, 0.15) is 0 Å². The molecule has 0 aliphatic heterocycles. The Labute approximate surface area is 103 Å². The third kappa shape index (κ3) is 1.26. The van der Waals surface area contributed by atoms with Crippen LogP contribution in [0.5, 0.6) is 0 Å². The number of H-pyrrole nitrogens is 1. The van der Waals surface area contributed by atoms with Crippen LogP contribution in [-0.2, 0) is 0 Å². The number of hydrogen-bond donors (Lipinski definition) is 1. The van der Waals surface area contributed by atoms with Crippen LogP contribution in [0.25, 0.3) is 29.0 Å². The standard InChI is InChI=1S/C14H11N3O/c1-3-9-10(4-2)15-14-16-11-7-5-6-8-12(11)17(14)13(9)18/h3-8H,1-2H2,(H,15,16). The minimum atomic E-state index is -0.137. The summed E-state index contributed by atoms with van der Waals surface area (Å²) < 4.78 is 1.55. The van der Waals surface area contributed by atoms with Crippen molar-refractivity contribution in [2.24, 2.45) is 0 Å². The molecule has 18 heavy (non-hydrogen) atoms. The normalized spacial score (nSPS) is 10.9. The van der Waals surface area contributed by atoms with E-state index in [0.29, 0.717) is 17.0 Å². The number of rotatable bonds is 2. The molecule has 1 aromatic carbocycles. The summed E-state index contributed by atoms with van der Waals surface area (Å²) in [6.07, 6.45) is 3.07. The van der Waals surface area contributed by atoms with Gasteiger partial charge in [-0.25, -0.2) is 9.38 Å². The van der Waals surface area contributed by atoms with Crippen LogP contribution in [0.3, 0.4) is 0 Å². The summed E-state index contributed by atoms with van der Waals surface area (Å²) in [5.74, 6) is 0.515. The first-order valence-corrected chi connectivity index (χ1v) is 5.54. The lowest BCUT2D eigenvalue weighted by Gasteiger charge is -2.00. The highest BCUT2D eigenvalue weighted by Crippen LogP contribution is 2.15. The average Bonchev–Trinajstić information content (AvgIpc) is 2.76. The number of para-hydroxylation sites is 2. The van der Waals surface area contributed by atoms with E-state index in [4.69, 9.17) is 0 Å². The fourth-order valence-electron chi connectivity index (χ4n) is 2.10. The molecule has 0 radical (unpaired) electrons. The van der Waals surface area contributed by atoms with Gasteiger partial charge in [-0.2, -0.15) is 0 Å². The SMILES string of the molecule is C=Cc1nc2[nH]c3ccccc3n2c(=O)c1C=C. The summed E-state index contributed by atoms with van der Waals surface area (Å²) in [6.45, 7) is 7.33. The topological polar surface area (TPSA) is 50.2 Å². The molecule has 0 saturated heterocycles. The van der Waals surface area contributed by atoms with Crippen LogP contribution in [0, 0.1) is 0 Å². The van der Waals surface area contributed by atoms with Gasteiger partial charge in [0, 0.05) is 0 Å². The molecule has 88 valence electrons. The van der Waals surface area contributed by atoms with Crippen molar-refractivity contribution in [2.75, 3.05) is 0 Å². The number of aromatic amines is 1. The number of benzene rings is 1. The van der Waals surface area contributed by atoms with Gasteiger partial charge in [0.2, 0.25) is 5.78 Å². The fourth-order valence-corrected chi connectivity index (χ4v) is 2.10. The lowest BCUT2D eigenvalue weighted by Crippen LogP contribution is -2.18. The number of nitrogens with one attached hydrogen (secondary N) is 1. The van der Waals surface area contributed by atoms with Crippen LogP contribution in [0.15, 0.2) is 42.2 Å². The highest BCUT2D eigenvalue weighted by Gasteiger charge is 2.11. The molecule has 0 unspecified atom stereocenters. The molecule has 1 N–H and O–H groups in total. The first-order valence-electron chi connectivity index (χ1n) is 5.54. The number of nitrogens with zero attached hydrogens (tertiary/aromatic N) is 2. The van der Waals surface area contributed by atoms with Crippen molar-refractivity contribution in [3.05, 3.63) is 59.0 Å². The van der Waals surface area contributed by atoms with Crippen molar-refractivity contribution in [1.82, 2.24) is 14.4 Å². The molecule has 3 aromatic rings. The van der Waals surface area contributed by atoms with Crippen molar-refractivity contribution < 1.29 is 0 Å². The van der Waals surface area contributed by atoms with Crippen LogP contribution < -0.4 is 5.56 Å². The van der Waals surface area contributed by atoms with Crippen molar-refractivity contribution in [3.63, 3.8) is 0 Å². The highest BCUT2D eigenvalue weighted by molar-refractivity contribution is 5.80. The smallest absolute Gasteiger partial charge is 0.267 e. The van der Waals surface area contributed by atoms with Crippen molar-refractivity contribution in [2.45, 2.75) is 0 Å². The molecule has 0 saturated carbocycles. The van der Waals surface area contributed by atoms with Gasteiger partial charge in [-0.1, -0.05) is 31.4 Å². The maximum atomic E-state index is 12.4. The van der Waals surface area contributed by atoms with E-state index in [1.54, 1.807) is 10.5 Å². The van der Waals surface area contributed by atoms with Gasteiger partial charge in [-0.3, -0.25) is 4.79 Å². The summed E-state index contributed by atoms with van der Waals surface area (Å²) in [5.41, 5.74) is 2.55. The minimum absolute atomic E-state index is 0.137. The number of imidazole rings is 1. The van der Waals surface area contributed by atoms with Crippen molar-refractivity contribution in [3.8, 4) is 0 Å². The average molecular weight is 237 g/mol. The molecule has 0 bridgehead atoms. The molecular weight excluding hydrogens is 226 g/mol. The highest BCUT2D eigenvalue weighted by atomic mass is 16.1. The molecular formula is C14H11N3O. The minimum Gasteiger partial charge on any atom is -0.323 e. The van der Waals surface area contributed by atoms with Crippen molar-refractivity contribution in [1.29, 1.82) is 0 Å². The summed E-state index contributed by atoms with van der Waals surface area (Å²) in [7, 11) is 0. The Morgan fingerprint density at radius 2 is 2.00 bits per heavy atom. The zero-order chi connectivity index (χ0) is 12.7. The lowest BCUT2D eigenvalue weighted by molar-refractivity contribution is 1.06. The van der Waals surface area contributed by atoms with E-state index in [-0.39, 0.29) is 5.56 Å². The molecule has 2 heterocycles. The van der Waals surface area contributed by atoms with Crippen LogP contribution in [0.1, 0.15) is 11.3 Å². The summed E-state index contributed by atoms with van der Waals surface area (Å²) in [6, 6.07) is 7.58. The van der Waals surface area contributed by atoms with Gasteiger partial charge in [0.25, 0.3) is 5.56 Å². The summed E-state index contributed by atoms with van der Waals surface area (Å²) >= 11 is 0. The van der Waals surface area contributed by atoms with E-state index in [0.717, 1.165) is 11.0 Å². The first-order chi connectivity index (χ1) is 8.76. The molecule has 0 spiro atoms. The Hall–Kier alpha value is -2.62. The maximum absolute atomic E-state index is 12.4. The lowest BCUT2D eigenvalue weighted by atomic mass is 10.2. The van der Waals surface area contributed by atoms with E-state index in [9.17, 15) is 4.79 Å². The van der Waals surface area contributed by atoms with Crippen LogP contribution in [-0.4, -0.2) is 14.4 Å². The molecule has 4 heteroatoms. The first kappa shape index (κ1) is 10.5. The third-order valence-electron chi connectivity index (χ3n) is 2.94. The second-order valence-corrected chi connectivity index (χ2v) is 3.93. The van der Waals surface area contributed by atoms with Crippen LogP contribution in [0.2, 0.25) is 0 Å². The Balaban J connectivity index is 2.63.